The standard InChI is InChI=1S/C21H24ClN3/c1-17-16-25(21(24-17)14-18-6-3-2-4-7-18)13-5-12-23-15-19-8-10-20(22)11-9-19/h2-4,6-11,16,23H,5,12-15H2,1H3. The highest BCUT2D eigenvalue weighted by atomic mass is 35.5. The van der Waals surface area contributed by atoms with Crippen LogP contribution >= 0.6 is 11.6 Å². The quantitative estimate of drug-likeness (QED) is 0.599. The molecule has 1 heterocycles. The molecule has 0 spiro atoms. The van der Waals surface area contributed by atoms with Crippen LogP contribution in [0.1, 0.15) is 29.1 Å². The smallest absolute Gasteiger partial charge is 0.113 e. The zero-order valence-electron chi connectivity index (χ0n) is 14.6. The molecule has 25 heavy (non-hydrogen) atoms. The van der Waals surface area contributed by atoms with Gasteiger partial charge in [0, 0.05) is 30.7 Å². The molecule has 0 saturated heterocycles. The van der Waals surface area contributed by atoms with Gasteiger partial charge in [-0.3, -0.25) is 0 Å². The van der Waals surface area contributed by atoms with E-state index < -0.39 is 0 Å². The molecule has 0 saturated carbocycles. The number of aryl methyl sites for hydroxylation is 2. The zero-order chi connectivity index (χ0) is 17.5. The van der Waals surface area contributed by atoms with E-state index >= 15 is 0 Å². The van der Waals surface area contributed by atoms with Gasteiger partial charge in [0.15, 0.2) is 0 Å². The van der Waals surface area contributed by atoms with Crippen molar-refractivity contribution in [1.29, 1.82) is 0 Å². The molecule has 1 aromatic heterocycles. The van der Waals surface area contributed by atoms with Gasteiger partial charge >= 0.3 is 0 Å². The van der Waals surface area contributed by atoms with E-state index in [1.165, 1.54) is 11.1 Å². The highest BCUT2D eigenvalue weighted by Crippen LogP contribution is 2.11. The molecule has 2 aromatic carbocycles. The maximum absolute atomic E-state index is 5.91. The maximum atomic E-state index is 5.91. The number of hydrogen-bond acceptors (Lipinski definition) is 2. The van der Waals surface area contributed by atoms with Gasteiger partial charge in [0.1, 0.15) is 5.82 Å². The van der Waals surface area contributed by atoms with Crippen LogP contribution in [0.5, 0.6) is 0 Å². The van der Waals surface area contributed by atoms with Crippen LogP contribution in [0.4, 0.5) is 0 Å². The number of rotatable bonds is 8. The van der Waals surface area contributed by atoms with E-state index in [-0.39, 0.29) is 0 Å². The van der Waals surface area contributed by atoms with Crippen LogP contribution in [0, 0.1) is 6.92 Å². The predicted octanol–water partition coefficient (Wildman–Crippen LogP) is 4.62. The zero-order valence-corrected chi connectivity index (χ0v) is 15.3. The molecule has 0 unspecified atom stereocenters. The van der Waals surface area contributed by atoms with E-state index in [0.717, 1.165) is 49.0 Å². The first-order valence-corrected chi connectivity index (χ1v) is 9.10. The third-order valence-corrected chi connectivity index (χ3v) is 4.43. The topological polar surface area (TPSA) is 29.9 Å². The lowest BCUT2D eigenvalue weighted by Gasteiger charge is -2.09. The average molecular weight is 354 g/mol. The van der Waals surface area contributed by atoms with Crippen LogP contribution in [-0.4, -0.2) is 16.1 Å². The third-order valence-electron chi connectivity index (χ3n) is 4.18. The minimum atomic E-state index is 0.783. The molecule has 130 valence electrons. The summed E-state index contributed by atoms with van der Waals surface area (Å²) in [4.78, 5) is 4.69. The Morgan fingerprint density at radius 1 is 1.00 bits per heavy atom. The summed E-state index contributed by atoms with van der Waals surface area (Å²) in [7, 11) is 0. The van der Waals surface area contributed by atoms with Gasteiger partial charge in [-0.2, -0.15) is 0 Å². The van der Waals surface area contributed by atoms with Crippen LogP contribution in [0.25, 0.3) is 0 Å². The van der Waals surface area contributed by atoms with Gasteiger partial charge in [-0.05, 0) is 43.1 Å². The number of halogens is 1. The Morgan fingerprint density at radius 2 is 1.76 bits per heavy atom. The second-order valence-electron chi connectivity index (χ2n) is 6.31. The van der Waals surface area contributed by atoms with Crippen molar-refractivity contribution in [3.05, 3.63) is 88.5 Å². The SMILES string of the molecule is Cc1cn(CCCNCc2ccc(Cl)cc2)c(Cc2ccccc2)n1. The second kappa shape index (κ2) is 8.84. The first-order valence-electron chi connectivity index (χ1n) is 8.72. The maximum Gasteiger partial charge on any atom is 0.113 e. The van der Waals surface area contributed by atoms with Gasteiger partial charge in [0.05, 0.1) is 5.69 Å². The van der Waals surface area contributed by atoms with Gasteiger partial charge in [0.2, 0.25) is 0 Å². The van der Waals surface area contributed by atoms with E-state index in [0.29, 0.717) is 0 Å². The number of nitrogens with zero attached hydrogens (tertiary/aromatic N) is 2. The van der Waals surface area contributed by atoms with Crippen molar-refractivity contribution in [3.8, 4) is 0 Å². The Balaban J connectivity index is 1.47. The van der Waals surface area contributed by atoms with Crippen molar-refractivity contribution < 1.29 is 0 Å². The van der Waals surface area contributed by atoms with Gasteiger partial charge in [-0.15, -0.1) is 0 Å². The van der Waals surface area contributed by atoms with Crippen molar-refractivity contribution in [2.75, 3.05) is 6.54 Å². The lowest BCUT2D eigenvalue weighted by molar-refractivity contribution is 0.568. The summed E-state index contributed by atoms with van der Waals surface area (Å²) in [5.74, 6) is 1.14. The molecule has 0 aliphatic heterocycles. The molecule has 3 rings (SSSR count). The molecule has 0 radical (unpaired) electrons. The minimum absolute atomic E-state index is 0.783. The summed E-state index contributed by atoms with van der Waals surface area (Å²) in [5.41, 5.74) is 3.64. The highest BCUT2D eigenvalue weighted by molar-refractivity contribution is 6.30. The molecule has 0 atom stereocenters. The van der Waals surface area contributed by atoms with Crippen LogP contribution in [0.15, 0.2) is 60.8 Å². The van der Waals surface area contributed by atoms with Crippen molar-refractivity contribution in [2.24, 2.45) is 0 Å². The summed E-state index contributed by atoms with van der Waals surface area (Å²) in [6.45, 7) is 4.89. The van der Waals surface area contributed by atoms with Crippen molar-refractivity contribution in [1.82, 2.24) is 14.9 Å². The monoisotopic (exact) mass is 353 g/mol. The molecule has 3 nitrogen and oxygen atoms in total. The van der Waals surface area contributed by atoms with E-state index in [2.05, 4.69) is 59.4 Å². The number of aromatic nitrogens is 2. The summed E-state index contributed by atoms with van der Waals surface area (Å²) in [5, 5.41) is 4.27. The van der Waals surface area contributed by atoms with Crippen molar-refractivity contribution in [3.63, 3.8) is 0 Å². The Bertz CT molecular complexity index is 779. The molecule has 3 aromatic rings. The predicted molar refractivity (Wildman–Crippen MR) is 104 cm³/mol. The van der Waals surface area contributed by atoms with Crippen LogP contribution < -0.4 is 5.32 Å². The van der Waals surface area contributed by atoms with Gasteiger partial charge < -0.3 is 9.88 Å². The Morgan fingerprint density at radius 3 is 2.52 bits per heavy atom. The summed E-state index contributed by atoms with van der Waals surface area (Å²) >= 11 is 5.91. The Labute approximate surface area is 154 Å². The van der Waals surface area contributed by atoms with E-state index in [1.807, 2.05) is 18.2 Å². The molecule has 4 heteroatoms. The van der Waals surface area contributed by atoms with Crippen LogP contribution in [-0.2, 0) is 19.5 Å². The number of imidazole rings is 1. The van der Waals surface area contributed by atoms with Crippen LogP contribution in [0.3, 0.4) is 0 Å². The summed E-state index contributed by atoms with van der Waals surface area (Å²) in [6, 6.07) is 18.5. The van der Waals surface area contributed by atoms with Gasteiger partial charge in [-0.1, -0.05) is 54.1 Å². The fourth-order valence-electron chi connectivity index (χ4n) is 2.92. The Hall–Kier alpha value is -2.10. The first kappa shape index (κ1) is 17.7. The molecule has 0 amide bonds. The van der Waals surface area contributed by atoms with Gasteiger partial charge in [-0.25, -0.2) is 4.98 Å². The fourth-order valence-corrected chi connectivity index (χ4v) is 3.05. The molecule has 0 aliphatic carbocycles. The molecule has 0 bridgehead atoms. The van der Waals surface area contributed by atoms with E-state index in [9.17, 15) is 0 Å². The number of hydrogen-bond donors (Lipinski definition) is 1. The Kier molecular flexibility index (Phi) is 6.26. The minimum Gasteiger partial charge on any atom is -0.334 e. The largest absolute Gasteiger partial charge is 0.334 e. The number of benzene rings is 2. The average Bonchev–Trinajstić information content (AvgIpc) is 2.96. The number of nitrogens with one attached hydrogen (secondary N) is 1. The molecule has 0 aliphatic rings. The van der Waals surface area contributed by atoms with Crippen molar-refractivity contribution in [2.45, 2.75) is 32.9 Å². The molecular formula is C21H24ClN3. The molecule has 1 N–H and O–H groups in total. The fraction of sp³-hybridized carbons (Fsp3) is 0.286. The summed E-state index contributed by atoms with van der Waals surface area (Å²) < 4.78 is 2.28. The first-order chi connectivity index (χ1) is 12.2. The highest BCUT2D eigenvalue weighted by Gasteiger charge is 2.06. The normalized spacial score (nSPS) is 11.0. The lowest BCUT2D eigenvalue weighted by atomic mass is 10.1. The van der Waals surface area contributed by atoms with E-state index in [1.54, 1.807) is 0 Å². The van der Waals surface area contributed by atoms with E-state index in [4.69, 9.17) is 16.6 Å². The second-order valence-corrected chi connectivity index (χ2v) is 6.75. The lowest BCUT2D eigenvalue weighted by Crippen LogP contribution is -2.17. The van der Waals surface area contributed by atoms with Gasteiger partial charge in [0.25, 0.3) is 0 Å². The molecule has 0 fully saturated rings. The third kappa shape index (κ3) is 5.45. The van der Waals surface area contributed by atoms with Crippen LogP contribution in [0.2, 0.25) is 5.02 Å². The van der Waals surface area contributed by atoms with Crippen molar-refractivity contribution >= 4 is 11.6 Å². The summed E-state index contributed by atoms with van der Waals surface area (Å²) in [6.07, 6.45) is 4.11. The molecular weight excluding hydrogens is 330 g/mol.